The van der Waals surface area contributed by atoms with Crippen molar-refractivity contribution < 1.29 is 38.5 Å². The predicted molar refractivity (Wildman–Crippen MR) is 166 cm³/mol. The van der Waals surface area contributed by atoms with Crippen molar-refractivity contribution in [1.82, 2.24) is 0 Å². The molecule has 226 valence electrons. The molecule has 1 saturated carbocycles. The van der Waals surface area contributed by atoms with Crippen LogP contribution in [0.25, 0.3) is 17.2 Å². The van der Waals surface area contributed by atoms with Gasteiger partial charge < -0.3 is 19.3 Å². The van der Waals surface area contributed by atoms with Crippen LogP contribution in [-0.2, 0) is 19.1 Å². The fraction of sp³-hybridized carbons (Fsp3) is 0.222. The number of aliphatic hydroxyl groups is 1. The van der Waals surface area contributed by atoms with Crippen molar-refractivity contribution in [3.8, 4) is 22.6 Å². The Hall–Kier alpha value is -5.08. The molecule has 8 heteroatoms. The Kier molecular flexibility index (Phi) is 11.2. The molecule has 0 aliphatic heterocycles. The third-order valence-electron chi connectivity index (χ3n) is 7.06. The molecular formula is C36H34O8. The summed E-state index contributed by atoms with van der Waals surface area (Å²) in [7, 11) is 0. The van der Waals surface area contributed by atoms with Crippen molar-refractivity contribution in [3.05, 3.63) is 114 Å². The Bertz CT molecular complexity index is 1540. The number of benzene rings is 3. The minimum atomic E-state index is -0.736. The van der Waals surface area contributed by atoms with Crippen LogP contribution in [0.1, 0.15) is 54.4 Å². The maximum atomic E-state index is 12.6. The first kappa shape index (κ1) is 31.8. The molecule has 0 bridgehead atoms. The summed E-state index contributed by atoms with van der Waals surface area (Å²) in [6, 6.07) is 20.6. The number of hydrogen-bond acceptors (Lipinski definition) is 8. The monoisotopic (exact) mass is 594 g/mol. The topological polar surface area (TPSA) is 116 Å². The van der Waals surface area contributed by atoms with Gasteiger partial charge in [0.2, 0.25) is 0 Å². The van der Waals surface area contributed by atoms with Gasteiger partial charge in [0.25, 0.3) is 0 Å². The molecule has 1 fully saturated rings. The summed E-state index contributed by atoms with van der Waals surface area (Å²) in [5, 5.41) is 8.95. The van der Waals surface area contributed by atoms with Crippen LogP contribution in [0.15, 0.2) is 103 Å². The highest BCUT2D eigenvalue weighted by Crippen LogP contribution is 2.25. The maximum Gasteiger partial charge on any atom is 0.341 e. The number of carbonyl (C=O) groups excluding carboxylic acids is 4. The van der Waals surface area contributed by atoms with E-state index in [0.717, 1.165) is 48.8 Å². The Morgan fingerprint density at radius 1 is 0.727 bits per heavy atom. The van der Waals surface area contributed by atoms with E-state index in [9.17, 15) is 19.2 Å². The van der Waals surface area contributed by atoms with Gasteiger partial charge in [-0.05, 0) is 84.8 Å². The molecule has 1 N–H and O–H groups in total. The fourth-order valence-electron chi connectivity index (χ4n) is 4.54. The lowest BCUT2D eigenvalue weighted by Gasteiger charge is -2.21. The Labute approximate surface area is 256 Å². The Balaban J connectivity index is 1.26. The van der Waals surface area contributed by atoms with Crippen LogP contribution in [0.3, 0.4) is 0 Å². The van der Waals surface area contributed by atoms with Gasteiger partial charge in [-0.25, -0.2) is 9.59 Å². The summed E-state index contributed by atoms with van der Waals surface area (Å²) < 4.78 is 15.9. The van der Waals surface area contributed by atoms with Gasteiger partial charge in [-0.2, -0.15) is 0 Å². The van der Waals surface area contributed by atoms with E-state index in [4.69, 9.17) is 19.3 Å². The lowest BCUT2D eigenvalue weighted by Crippen LogP contribution is -2.22. The minimum absolute atomic E-state index is 0.0420. The molecule has 1 aliphatic rings. The van der Waals surface area contributed by atoms with Crippen LogP contribution in [0, 0.1) is 0 Å². The van der Waals surface area contributed by atoms with E-state index in [1.807, 2.05) is 36.4 Å². The van der Waals surface area contributed by atoms with Crippen molar-refractivity contribution in [3.63, 3.8) is 0 Å². The van der Waals surface area contributed by atoms with Gasteiger partial charge in [0.15, 0.2) is 5.78 Å². The molecule has 0 amide bonds. The maximum absolute atomic E-state index is 12.6. The molecule has 0 unspecified atom stereocenters. The summed E-state index contributed by atoms with van der Waals surface area (Å²) in [4.78, 5) is 48.9. The number of carbonyl (C=O) groups is 4. The molecule has 3 aromatic carbocycles. The summed E-state index contributed by atoms with van der Waals surface area (Å²) in [5.74, 6) is -1.52. The van der Waals surface area contributed by atoms with E-state index in [1.54, 1.807) is 30.3 Å². The lowest BCUT2D eigenvalue weighted by molar-refractivity contribution is -0.150. The van der Waals surface area contributed by atoms with Crippen LogP contribution in [0.2, 0.25) is 0 Å². The predicted octanol–water partition coefficient (Wildman–Crippen LogP) is 6.43. The zero-order valence-corrected chi connectivity index (χ0v) is 24.3. The first-order chi connectivity index (χ1) is 21.2. The van der Waals surface area contributed by atoms with E-state index in [2.05, 4.69) is 13.2 Å². The molecule has 44 heavy (non-hydrogen) atoms. The molecule has 0 radical (unpaired) electrons. The SMILES string of the molecule is C=C(CO)C(=O)Oc1ccc(C(=O)/C=C/c2ccc(-c3ccc(OC(=O)C(=C)CC(=O)OC4CCCCC4)cc3)cc2)cc1. The second-order valence-electron chi connectivity index (χ2n) is 10.4. The van der Waals surface area contributed by atoms with Crippen LogP contribution >= 0.6 is 0 Å². The number of esters is 3. The molecular weight excluding hydrogens is 560 g/mol. The molecule has 8 nitrogen and oxygen atoms in total. The van der Waals surface area contributed by atoms with E-state index < -0.39 is 24.5 Å². The van der Waals surface area contributed by atoms with E-state index in [-0.39, 0.29) is 35.2 Å². The van der Waals surface area contributed by atoms with E-state index in [0.29, 0.717) is 11.3 Å². The van der Waals surface area contributed by atoms with Gasteiger partial charge >= 0.3 is 17.9 Å². The molecule has 0 saturated heterocycles. The van der Waals surface area contributed by atoms with Gasteiger partial charge in [0.05, 0.1) is 18.6 Å². The molecule has 3 aromatic rings. The van der Waals surface area contributed by atoms with Crippen LogP contribution in [0.4, 0.5) is 0 Å². The fourth-order valence-corrected chi connectivity index (χ4v) is 4.54. The van der Waals surface area contributed by atoms with Crippen molar-refractivity contribution in [2.24, 2.45) is 0 Å². The number of rotatable bonds is 12. The summed E-state index contributed by atoms with van der Waals surface area (Å²) in [5.41, 5.74) is 3.04. The number of aliphatic hydroxyl groups excluding tert-OH is 1. The Morgan fingerprint density at radius 3 is 1.82 bits per heavy atom. The van der Waals surface area contributed by atoms with E-state index >= 15 is 0 Å². The average Bonchev–Trinajstić information content (AvgIpc) is 3.04. The quantitative estimate of drug-likeness (QED) is 0.110. The third-order valence-corrected chi connectivity index (χ3v) is 7.06. The van der Waals surface area contributed by atoms with Gasteiger partial charge in [0.1, 0.15) is 17.6 Å². The van der Waals surface area contributed by atoms with E-state index in [1.165, 1.54) is 18.2 Å². The average molecular weight is 595 g/mol. The molecule has 4 rings (SSSR count). The molecule has 0 heterocycles. The zero-order chi connectivity index (χ0) is 31.5. The number of hydrogen-bond donors (Lipinski definition) is 1. The minimum Gasteiger partial charge on any atom is -0.462 e. The summed E-state index contributed by atoms with van der Waals surface area (Å²) in [6.07, 6.45) is 7.84. The summed E-state index contributed by atoms with van der Waals surface area (Å²) >= 11 is 0. The Morgan fingerprint density at radius 2 is 1.25 bits per heavy atom. The first-order valence-electron chi connectivity index (χ1n) is 14.3. The van der Waals surface area contributed by atoms with Crippen LogP contribution < -0.4 is 9.47 Å². The second kappa shape index (κ2) is 15.4. The van der Waals surface area contributed by atoms with Crippen molar-refractivity contribution in [2.75, 3.05) is 6.61 Å². The van der Waals surface area contributed by atoms with Gasteiger partial charge in [-0.15, -0.1) is 0 Å². The number of allylic oxidation sites excluding steroid dienone is 1. The highest BCUT2D eigenvalue weighted by Gasteiger charge is 2.21. The van der Waals surface area contributed by atoms with Crippen LogP contribution in [-0.4, -0.2) is 41.5 Å². The lowest BCUT2D eigenvalue weighted by atomic mass is 9.98. The summed E-state index contributed by atoms with van der Waals surface area (Å²) in [6.45, 7) is 6.61. The number of ether oxygens (including phenoxy) is 3. The normalized spacial score (nSPS) is 13.2. The zero-order valence-electron chi connectivity index (χ0n) is 24.3. The largest absolute Gasteiger partial charge is 0.462 e. The molecule has 0 spiro atoms. The van der Waals surface area contributed by atoms with Crippen molar-refractivity contribution >= 4 is 29.8 Å². The standard InChI is InChI=1S/C36H34O8/c1-24(22-34(39)42-30-6-4-3-5-7-30)35(40)43-31-17-13-28(14-18-31)27-11-8-26(9-12-27)10-21-33(38)29-15-19-32(20-16-29)44-36(41)25(2)23-37/h8-21,30,37H,1-7,22-23H2/b21-10+. The third kappa shape index (κ3) is 9.21. The van der Waals surface area contributed by atoms with Crippen LogP contribution in [0.5, 0.6) is 11.5 Å². The van der Waals surface area contributed by atoms with Gasteiger partial charge in [-0.3, -0.25) is 9.59 Å². The molecule has 1 aliphatic carbocycles. The highest BCUT2D eigenvalue weighted by molar-refractivity contribution is 6.07. The molecule has 0 aromatic heterocycles. The highest BCUT2D eigenvalue weighted by atomic mass is 16.5. The second-order valence-corrected chi connectivity index (χ2v) is 10.4. The molecule has 0 atom stereocenters. The van der Waals surface area contributed by atoms with Crippen molar-refractivity contribution in [2.45, 2.75) is 44.6 Å². The smallest absolute Gasteiger partial charge is 0.341 e. The number of ketones is 1. The first-order valence-corrected chi connectivity index (χ1v) is 14.3. The van der Waals surface area contributed by atoms with Gasteiger partial charge in [0, 0.05) is 11.1 Å². The van der Waals surface area contributed by atoms with Gasteiger partial charge in [-0.1, -0.05) is 62.1 Å². The van der Waals surface area contributed by atoms with Crippen molar-refractivity contribution in [1.29, 1.82) is 0 Å².